The molecule has 0 atom stereocenters. The summed E-state index contributed by atoms with van der Waals surface area (Å²) in [6, 6.07) is 11.8. The van der Waals surface area contributed by atoms with Crippen molar-refractivity contribution in [3.63, 3.8) is 0 Å². The summed E-state index contributed by atoms with van der Waals surface area (Å²) < 4.78 is 23.5. The molecule has 1 N–H and O–H groups in total. The van der Waals surface area contributed by atoms with Gasteiger partial charge in [-0.1, -0.05) is 0 Å². The Morgan fingerprint density at radius 2 is 1.96 bits per heavy atom. The van der Waals surface area contributed by atoms with Crippen LogP contribution in [0.25, 0.3) is 11.3 Å². The minimum atomic E-state index is -0.263. The first kappa shape index (κ1) is 14.6. The lowest BCUT2D eigenvalue weighted by molar-refractivity contribution is 0.174. The lowest BCUT2D eigenvalue weighted by Crippen LogP contribution is -1.93. The predicted molar refractivity (Wildman–Crippen MR) is 91.3 cm³/mol. The summed E-state index contributed by atoms with van der Waals surface area (Å²) in [6.45, 7) is 0.249. The van der Waals surface area contributed by atoms with Crippen LogP contribution < -0.4 is 14.9 Å². The van der Waals surface area contributed by atoms with Crippen molar-refractivity contribution in [1.82, 2.24) is 4.98 Å². The summed E-state index contributed by atoms with van der Waals surface area (Å²) in [7, 11) is 0. The van der Waals surface area contributed by atoms with E-state index >= 15 is 0 Å². The molecule has 120 valence electrons. The van der Waals surface area contributed by atoms with Crippen LogP contribution in [0.5, 0.6) is 11.5 Å². The van der Waals surface area contributed by atoms with Crippen LogP contribution in [0.2, 0.25) is 0 Å². The van der Waals surface area contributed by atoms with Gasteiger partial charge in [0.25, 0.3) is 0 Å². The lowest BCUT2D eigenvalue weighted by Gasteiger charge is -1.98. The normalized spacial score (nSPS) is 12.7. The highest BCUT2D eigenvalue weighted by atomic mass is 32.1. The zero-order chi connectivity index (χ0) is 16.4. The third-order valence-electron chi connectivity index (χ3n) is 3.41. The van der Waals surface area contributed by atoms with E-state index < -0.39 is 0 Å². The smallest absolute Gasteiger partial charge is 0.231 e. The molecule has 0 spiro atoms. The topological polar surface area (TPSA) is 55.7 Å². The fourth-order valence-electron chi connectivity index (χ4n) is 2.23. The maximum absolute atomic E-state index is 13.0. The van der Waals surface area contributed by atoms with Gasteiger partial charge in [0.05, 0.1) is 11.9 Å². The molecule has 1 aliphatic rings. The summed E-state index contributed by atoms with van der Waals surface area (Å²) >= 11 is 1.43. The molecular weight excluding hydrogens is 329 g/mol. The third kappa shape index (κ3) is 3.07. The van der Waals surface area contributed by atoms with Crippen LogP contribution in [0.3, 0.4) is 0 Å². The molecule has 5 nitrogen and oxygen atoms in total. The monoisotopic (exact) mass is 341 g/mol. The minimum Gasteiger partial charge on any atom is -0.454 e. The van der Waals surface area contributed by atoms with E-state index in [1.165, 1.54) is 23.5 Å². The maximum atomic E-state index is 13.0. The lowest BCUT2D eigenvalue weighted by atomic mass is 10.2. The van der Waals surface area contributed by atoms with Gasteiger partial charge in [-0.25, -0.2) is 9.37 Å². The van der Waals surface area contributed by atoms with Gasteiger partial charge >= 0.3 is 0 Å². The Kier molecular flexibility index (Phi) is 3.84. The highest BCUT2D eigenvalue weighted by molar-refractivity contribution is 7.14. The number of benzene rings is 2. The van der Waals surface area contributed by atoms with Crippen molar-refractivity contribution in [3.05, 3.63) is 59.2 Å². The predicted octanol–water partition coefficient (Wildman–Crippen LogP) is 4.12. The summed E-state index contributed by atoms with van der Waals surface area (Å²) in [5.74, 6) is 1.19. The second kappa shape index (κ2) is 6.29. The van der Waals surface area contributed by atoms with Crippen molar-refractivity contribution in [2.75, 3.05) is 12.2 Å². The molecular formula is C17H12FN3O2S. The first-order valence-corrected chi connectivity index (χ1v) is 8.06. The molecule has 0 radical (unpaired) electrons. The number of ether oxygens (including phenoxy) is 2. The van der Waals surface area contributed by atoms with E-state index in [2.05, 4.69) is 15.5 Å². The van der Waals surface area contributed by atoms with E-state index in [0.717, 1.165) is 22.6 Å². The molecule has 4 rings (SSSR count). The van der Waals surface area contributed by atoms with Crippen molar-refractivity contribution in [3.8, 4) is 22.8 Å². The molecule has 0 amide bonds. The summed E-state index contributed by atoms with van der Waals surface area (Å²) in [5.41, 5.74) is 5.42. The van der Waals surface area contributed by atoms with Crippen molar-refractivity contribution < 1.29 is 13.9 Å². The van der Waals surface area contributed by atoms with Crippen molar-refractivity contribution in [2.24, 2.45) is 5.10 Å². The van der Waals surface area contributed by atoms with Gasteiger partial charge in [-0.05, 0) is 48.0 Å². The van der Waals surface area contributed by atoms with E-state index in [-0.39, 0.29) is 12.6 Å². The number of fused-ring (bicyclic) bond motifs is 1. The average molecular weight is 341 g/mol. The number of rotatable bonds is 4. The van der Waals surface area contributed by atoms with Crippen LogP contribution in [-0.2, 0) is 0 Å². The molecule has 0 saturated heterocycles. The first-order chi connectivity index (χ1) is 11.8. The molecule has 1 aromatic heterocycles. The number of anilines is 1. The van der Waals surface area contributed by atoms with Crippen LogP contribution in [0, 0.1) is 5.82 Å². The minimum absolute atomic E-state index is 0.249. The van der Waals surface area contributed by atoms with E-state index in [1.807, 2.05) is 23.6 Å². The number of halogens is 1. The van der Waals surface area contributed by atoms with Gasteiger partial charge in [-0.15, -0.1) is 11.3 Å². The van der Waals surface area contributed by atoms with E-state index in [1.54, 1.807) is 18.3 Å². The number of hydrogen-bond donors (Lipinski definition) is 1. The molecule has 0 aliphatic carbocycles. The molecule has 0 fully saturated rings. The fraction of sp³-hybridized carbons (Fsp3) is 0.0588. The van der Waals surface area contributed by atoms with Gasteiger partial charge < -0.3 is 9.47 Å². The van der Waals surface area contributed by atoms with Crippen LogP contribution in [0.15, 0.2) is 52.9 Å². The van der Waals surface area contributed by atoms with E-state index in [0.29, 0.717) is 10.9 Å². The molecule has 0 bridgehead atoms. The van der Waals surface area contributed by atoms with E-state index in [9.17, 15) is 4.39 Å². The highest BCUT2D eigenvalue weighted by Crippen LogP contribution is 2.32. The van der Waals surface area contributed by atoms with Crippen molar-refractivity contribution >= 4 is 22.7 Å². The van der Waals surface area contributed by atoms with Gasteiger partial charge in [0.2, 0.25) is 11.9 Å². The zero-order valence-electron chi connectivity index (χ0n) is 12.4. The Morgan fingerprint density at radius 1 is 1.12 bits per heavy atom. The largest absolute Gasteiger partial charge is 0.454 e. The second-order valence-corrected chi connectivity index (χ2v) is 5.89. The van der Waals surface area contributed by atoms with Crippen molar-refractivity contribution in [1.29, 1.82) is 0 Å². The standard InChI is InChI=1S/C17H12FN3O2S/c18-13-4-2-12(3-5-13)14-9-24-17(20-14)21-19-8-11-1-6-15-16(7-11)23-10-22-15/h1-9H,10H2,(H,20,21)/b19-8+. The molecule has 2 aromatic carbocycles. The van der Waals surface area contributed by atoms with Gasteiger partial charge in [0, 0.05) is 10.9 Å². The van der Waals surface area contributed by atoms with Crippen LogP contribution in [0.1, 0.15) is 5.56 Å². The molecule has 3 aromatic rings. The highest BCUT2D eigenvalue weighted by Gasteiger charge is 2.12. The molecule has 0 unspecified atom stereocenters. The average Bonchev–Trinajstić information content (AvgIpc) is 3.24. The zero-order valence-corrected chi connectivity index (χ0v) is 13.2. The quantitative estimate of drug-likeness (QED) is 0.573. The Balaban J connectivity index is 1.43. The number of nitrogens with zero attached hydrogens (tertiary/aromatic N) is 2. The second-order valence-electron chi connectivity index (χ2n) is 5.03. The molecule has 7 heteroatoms. The van der Waals surface area contributed by atoms with Crippen LogP contribution in [0.4, 0.5) is 9.52 Å². The molecule has 1 aliphatic heterocycles. The Labute approximate surface area is 141 Å². The number of thiazole rings is 1. The molecule has 24 heavy (non-hydrogen) atoms. The van der Waals surface area contributed by atoms with Gasteiger partial charge in [-0.3, -0.25) is 5.43 Å². The summed E-state index contributed by atoms with van der Waals surface area (Å²) in [5, 5.41) is 6.73. The number of nitrogens with one attached hydrogen (secondary N) is 1. The van der Waals surface area contributed by atoms with Gasteiger partial charge in [0.1, 0.15) is 5.82 Å². The Hall–Kier alpha value is -2.93. The maximum Gasteiger partial charge on any atom is 0.231 e. The van der Waals surface area contributed by atoms with Gasteiger partial charge in [-0.2, -0.15) is 5.10 Å². The van der Waals surface area contributed by atoms with E-state index in [4.69, 9.17) is 9.47 Å². The summed E-state index contributed by atoms with van der Waals surface area (Å²) in [6.07, 6.45) is 1.68. The SMILES string of the molecule is Fc1ccc(-c2csc(N/N=C/c3ccc4c(c3)OCO4)n2)cc1. The molecule has 0 saturated carbocycles. The van der Waals surface area contributed by atoms with Crippen LogP contribution in [-0.4, -0.2) is 18.0 Å². The van der Waals surface area contributed by atoms with Crippen LogP contribution >= 0.6 is 11.3 Å². The number of aromatic nitrogens is 1. The molecule has 2 heterocycles. The van der Waals surface area contributed by atoms with Gasteiger partial charge in [0.15, 0.2) is 11.5 Å². The summed E-state index contributed by atoms with van der Waals surface area (Å²) in [4.78, 5) is 4.43. The first-order valence-electron chi connectivity index (χ1n) is 7.18. The Morgan fingerprint density at radius 3 is 2.83 bits per heavy atom. The number of hydrazone groups is 1. The fourth-order valence-corrected chi connectivity index (χ4v) is 2.90. The van der Waals surface area contributed by atoms with Crippen molar-refractivity contribution in [2.45, 2.75) is 0 Å². The number of hydrogen-bond acceptors (Lipinski definition) is 6. The Bertz CT molecular complexity index is 893. The third-order valence-corrected chi connectivity index (χ3v) is 4.16.